The molecule has 0 atom stereocenters. The summed E-state index contributed by atoms with van der Waals surface area (Å²) in [7, 11) is 2.08. The molecule has 0 saturated carbocycles. The summed E-state index contributed by atoms with van der Waals surface area (Å²) < 4.78 is 13.7. The summed E-state index contributed by atoms with van der Waals surface area (Å²) in [6, 6.07) is 5.22. The van der Waals surface area contributed by atoms with Crippen molar-refractivity contribution in [2.45, 2.75) is 13.5 Å². The molecule has 0 aliphatic carbocycles. The molecule has 0 unspecified atom stereocenters. The highest BCUT2D eigenvalue weighted by molar-refractivity contribution is 9.10. The van der Waals surface area contributed by atoms with Gasteiger partial charge in [-0.05, 0) is 47.2 Å². The second kappa shape index (κ2) is 6.99. The predicted molar refractivity (Wildman–Crippen MR) is 69.0 cm³/mol. The van der Waals surface area contributed by atoms with Gasteiger partial charge < -0.3 is 10.2 Å². The number of benzene rings is 1. The van der Waals surface area contributed by atoms with E-state index < -0.39 is 0 Å². The fraction of sp³-hybridized carbons (Fsp3) is 0.500. The summed E-state index contributed by atoms with van der Waals surface area (Å²) in [5.74, 6) is -0.204. The van der Waals surface area contributed by atoms with Gasteiger partial charge in [-0.1, -0.05) is 13.0 Å². The number of halogens is 2. The first-order valence-electron chi connectivity index (χ1n) is 5.46. The second-order valence-corrected chi connectivity index (χ2v) is 4.68. The molecule has 0 radical (unpaired) electrons. The van der Waals surface area contributed by atoms with E-state index in [0.29, 0.717) is 11.0 Å². The van der Waals surface area contributed by atoms with Gasteiger partial charge in [-0.15, -0.1) is 0 Å². The molecule has 1 aromatic rings. The lowest BCUT2D eigenvalue weighted by Gasteiger charge is -2.14. The van der Waals surface area contributed by atoms with Crippen LogP contribution in [0, 0.1) is 5.82 Å². The van der Waals surface area contributed by atoms with Gasteiger partial charge in [-0.3, -0.25) is 0 Å². The third kappa shape index (κ3) is 4.60. The van der Waals surface area contributed by atoms with Crippen LogP contribution in [0.25, 0.3) is 0 Å². The van der Waals surface area contributed by atoms with Crippen molar-refractivity contribution in [2.24, 2.45) is 0 Å². The second-order valence-electron chi connectivity index (χ2n) is 3.82. The van der Waals surface area contributed by atoms with Crippen molar-refractivity contribution >= 4 is 15.9 Å². The zero-order valence-corrected chi connectivity index (χ0v) is 11.3. The van der Waals surface area contributed by atoms with Gasteiger partial charge in [0, 0.05) is 19.6 Å². The van der Waals surface area contributed by atoms with Crippen LogP contribution < -0.4 is 5.32 Å². The Morgan fingerprint density at radius 3 is 2.81 bits per heavy atom. The maximum atomic E-state index is 13.2. The highest BCUT2D eigenvalue weighted by Crippen LogP contribution is 2.16. The molecule has 1 rings (SSSR count). The van der Waals surface area contributed by atoms with Crippen LogP contribution in [0.5, 0.6) is 0 Å². The smallest absolute Gasteiger partial charge is 0.137 e. The van der Waals surface area contributed by atoms with E-state index in [1.165, 1.54) is 0 Å². The zero-order chi connectivity index (χ0) is 12.0. The molecule has 4 heteroatoms. The van der Waals surface area contributed by atoms with Crippen molar-refractivity contribution in [3.05, 3.63) is 34.1 Å². The Balaban J connectivity index is 2.29. The number of rotatable bonds is 6. The Morgan fingerprint density at radius 2 is 2.19 bits per heavy atom. The summed E-state index contributed by atoms with van der Waals surface area (Å²) in [5, 5.41) is 3.29. The highest BCUT2D eigenvalue weighted by atomic mass is 79.9. The maximum absolute atomic E-state index is 13.2. The van der Waals surface area contributed by atoms with Gasteiger partial charge in [0.1, 0.15) is 5.82 Å². The number of hydrogen-bond acceptors (Lipinski definition) is 2. The monoisotopic (exact) mass is 288 g/mol. The molecule has 0 fully saturated rings. The Hall–Kier alpha value is -0.450. The van der Waals surface area contributed by atoms with Crippen LogP contribution in [0.2, 0.25) is 0 Å². The molecule has 2 nitrogen and oxygen atoms in total. The number of nitrogens with one attached hydrogen (secondary N) is 1. The topological polar surface area (TPSA) is 15.3 Å². The summed E-state index contributed by atoms with van der Waals surface area (Å²) >= 11 is 3.14. The number of nitrogens with zero attached hydrogens (tertiary/aromatic N) is 1. The molecule has 1 N–H and O–H groups in total. The highest BCUT2D eigenvalue weighted by Gasteiger charge is 2.00. The standard InChI is InChI=1S/C12H18BrFN2/c1-3-16(2)7-6-15-9-10-4-5-11(13)12(14)8-10/h4-5,8,15H,3,6-7,9H2,1-2H3. The van der Waals surface area contributed by atoms with Gasteiger partial charge in [0.15, 0.2) is 0 Å². The van der Waals surface area contributed by atoms with Gasteiger partial charge >= 0.3 is 0 Å². The lowest BCUT2D eigenvalue weighted by molar-refractivity contribution is 0.349. The Kier molecular flexibility index (Phi) is 5.95. The Morgan fingerprint density at radius 1 is 1.44 bits per heavy atom. The van der Waals surface area contributed by atoms with Crippen LogP contribution in [-0.2, 0) is 6.54 Å². The van der Waals surface area contributed by atoms with Crippen molar-refractivity contribution in [1.82, 2.24) is 10.2 Å². The Bertz CT molecular complexity index is 331. The van der Waals surface area contributed by atoms with Gasteiger partial charge in [0.25, 0.3) is 0 Å². The first-order chi connectivity index (χ1) is 7.63. The molecule has 0 bridgehead atoms. The lowest BCUT2D eigenvalue weighted by Crippen LogP contribution is -2.28. The van der Waals surface area contributed by atoms with Crippen molar-refractivity contribution in [3.8, 4) is 0 Å². The van der Waals surface area contributed by atoms with E-state index in [-0.39, 0.29) is 5.82 Å². The average molecular weight is 289 g/mol. The van der Waals surface area contributed by atoms with Crippen LogP contribution in [0.3, 0.4) is 0 Å². The Labute approximate surface area is 105 Å². The molecule has 0 heterocycles. The minimum absolute atomic E-state index is 0.204. The minimum atomic E-state index is -0.204. The van der Waals surface area contributed by atoms with E-state index in [9.17, 15) is 4.39 Å². The molecule has 0 amide bonds. The van der Waals surface area contributed by atoms with Crippen molar-refractivity contribution < 1.29 is 4.39 Å². The van der Waals surface area contributed by atoms with Crippen LogP contribution in [0.4, 0.5) is 4.39 Å². The molecule has 1 aromatic carbocycles. The molecule has 0 aromatic heterocycles. The minimum Gasteiger partial charge on any atom is -0.311 e. The SMILES string of the molecule is CCN(C)CCNCc1ccc(Br)c(F)c1. The van der Waals surface area contributed by atoms with Gasteiger partial charge in [0.05, 0.1) is 4.47 Å². The summed E-state index contributed by atoms with van der Waals surface area (Å²) in [6.07, 6.45) is 0. The molecule has 0 aliphatic rings. The van der Waals surface area contributed by atoms with E-state index >= 15 is 0 Å². The molecular weight excluding hydrogens is 271 g/mol. The fourth-order valence-corrected chi connectivity index (χ4v) is 1.56. The normalized spacial score (nSPS) is 11.1. The summed E-state index contributed by atoms with van der Waals surface area (Å²) in [5.41, 5.74) is 0.972. The number of likely N-dealkylation sites (N-methyl/N-ethyl adjacent to an activating group) is 1. The quantitative estimate of drug-likeness (QED) is 0.810. The third-order valence-corrected chi connectivity index (χ3v) is 3.17. The summed E-state index contributed by atoms with van der Waals surface area (Å²) in [4.78, 5) is 2.23. The van der Waals surface area contributed by atoms with Crippen LogP contribution >= 0.6 is 15.9 Å². The first-order valence-corrected chi connectivity index (χ1v) is 6.26. The van der Waals surface area contributed by atoms with Crippen molar-refractivity contribution in [3.63, 3.8) is 0 Å². The number of hydrogen-bond donors (Lipinski definition) is 1. The van der Waals surface area contributed by atoms with Crippen LogP contribution in [-0.4, -0.2) is 31.6 Å². The zero-order valence-electron chi connectivity index (χ0n) is 9.76. The average Bonchev–Trinajstić information content (AvgIpc) is 2.28. The third-order valence-electron chi connectivity index (χ3n) is 2.52. The molecule has 16 heavy (non-hydrogen) atoms. The summed E-state index contributed by atoms with van der Waals surface area (Å²) in [6.45, 7) is 5.82. The van der Waals surface area contributed by atoms with Gasteiger partial charge in [-0.2, -0.15) is 0 Å². The maximum Gasteiger partial charge on any atom is 0.137 e. The molecule has 0 aliphatic heterocycles. The first kappa shape index (κ1) is 13.6. The lowest BCUT2D eigenvalue weighted by atomic mass is 10.2. The van der Waals surface area contributed by atoms with E-state index in [1.54, 1.807) is 12.1 Å². The molecular formula is C12H18BrFN2. The largest absolute Gasteiger partial charge is 0.311 e. The molecule has 90 valence electrons. The van der Waals surface area contributed by atoms with Crippen LogP contribution in [0.1, 0.15) is 12.5 Å². The van der Waals surface area contributed by atoms with Crippen molar-refractivity contribution in [1.29, 1.82) is 0 Å². The van der Waals surface area contributed by atoms with E-state index in [4.69, 9.17) is 0 Å². The molecule has 0 saturated heterocycles. The van der Waals surface area contributed by atoms with Gasteiger partial charge in [-0.25, -0.2) is 4.39 Å². The van der Waals surface area contributed by atoms with Crippen molar-refractivity contribution in [2.75, 3.05) is 26.7 Å². The van der Waals surface area contributed by atoms with Gasteiger partial charge in [0.2, 0.25) is 0 Å². The van der Waals surface area contributed by atoms with E-state index in [0.717, 1.165) is 25.2 Å². The van der Waals surface area contributed by atoms with E-state index in [2.05, 4.69) is 40.1 Å². The predicted octanol–water partition coefficient (Wildman–Crippen LogP) is 2.63. The van der Waals surface area contributed by atoms with E-state index in [1.807, 2.05) is 6.07 Å². The fourth-order valence-electron chi connectivity index (χ4n) is 1.31. The molecule has 0 spiro atoms. The van der Waals surface area contributed by atoms with Crippen LogP contribution in [0.15, 0.2) is 22.7 Å².